The van der Waals surface area contributed by atoms with Gasteiger partial charge in [0, 0.05) is 10.7 Å². The van der Waals surface area contributed by atoms with Crippen LogP contribution in [0.2, 0.25) is 5.02 Å². The van der Waals surface area contributed by atoms with Crippen LogP contribution in [0.4, 0.5) is 10.5 Å². The first-order valence-corrected chi connectivity index (χ1v) is 4.35. The molecule has 0 bridgehead atoms. The van der Waals surface area contributed by atoms with Crippen LogP contribution in [0.25, 0.3) is 0 Å². The highest BCUT2D eigenvalue weighted by Gasteiger charge is 2.23. The molecule has 0 saturated carbocycles. The van der Waals surface area contributed by atoms with Crippen molar-refractivity contribution in [2.24, 2.45) is 0 Å². The number of hydrogen-bond donors (Lipinski definition) is 0. The monoisotopic (exact) mass is 197 g/mol. The number of halogens is 1. The van der Waals surface area contributed by atoms with Crippen LogP contribution >= 0.6 is 11.6 Å². The average Bonchev–Trinajstić information content (AvgIpc) is 2.51. The van der Waals surface area contributed by atoms with E-state index in [4.69, 9.17) is 16.3 Å². The molecule has 1 aliphatic rings. The van der Waals surface area contributed by atoms with Crippen LogP contribution < -0.4 is 4.90 Å². The summed E-state index contributed by atoms with van der Waals surface area (Å²) < 4.78 is 4.80. The molecule has 1 fully saturated rings. The first kappa shape index (κ1) is 8.38. The Morgan fingerprint density at radius 3 is 2.92 bits per heavy atom. The summed E-state index contributed by atoms with van der Waals surface area (Å²) in [4.78, 5) is 12.7. The van der Waals surface area contributed by atoms with Gasteiger partial charge in [0.25, 0.3) is 0 Å². The lowest BCUT2D eigenvalue weighted by Gasteiger charge is -2.12. The van der Waals surface area contributed by atoms with Crippen LogP contribution in [0.5, 0.6) is 0 Å². The minimum Gasteiger partial charge on any atom is -0.447 e. The molecule has 0 radical (unpaired) electrons. The van der Waals surface area contributed by atoms with Gasteiger partial charge >= 0.3 is 6.09 Å². The van der Waals surface area contributed by atoms with Gasteiger partial charge in [-0.15, -0.1) is 0 Å². The largest absolute Gasteiger partial charge is 0.447 e. The number of amides is 1. The predicted octanol–water partition coefficient (Wildman–Crippen LogP) is 2.30. The van der Waals surface area contributed by atoms with E-state index in [1.165, 1.54) is 0 Å². The van der Waals surface area contributed by atoms with Gasteiger partial charge in [0.15, 0.2) is 0 Å². The lowest BCUT2D eigenvalue weighted by atomic mass is 10.3. The van der Waals surface area contributed by atoms with Crippen molar-refractivity contribution >= 4 is 23.4 Å². The minimum absolute atomic E-state index is 0.303. The molecule has 0 aliphatic carbocycles. The number of carbonyl (C=O) groups is 1. The maximum absolute atomic E-state index is 11.1. The Morgan fingerprint density at radius 1 is 1.46 bits per heavy atom. The average molecular weight is 198 g/mol. The molecule has 4 heteroatoms. The maximum Gasteiger partial charge on any atom is 0.414 e. The molecule has 3 nitrogen and oxygen atoms in total. The summed E-state index contributed by atoms with van der Waals surface area (Å²) in [6.07, 6.45) is -0.303. The standard InChI is InChI=1S/C9H8ClNO2/c10-7-2-1-3-8(6-7)11-4-5-13-9(11)12/h1-3,6H,4-5H2. The lowest BCUT2D eigenvalue weighted by molar-refractivity contribution is 0.181. The summed E-state index contributed by atoms with van der Waals surface area (Å²) in [6.45, 7) is 1.05. The Hall–Kier alpha value is -1.22. The maximum atomic E-state index is 11.1. The molecule has 0 atom stereocenters. The second-order valence-corrected chi connectivity index (χ2v) is 3.18. The molecule has 1 aromatic carbocycles. The first-order chi connectivity index (χ1) is 6.27. The fraction of sp³-hybridized carbons (Fsp3) is 0.222. The van der Waals surface area contributed by atoms with Gasteiger partial charge in [0.2, 0.25) is 0 Å². The van der Waals surface area contributed by atoms with Crippen molar-refractivity contribution in [3.8, 4) is 0 Å². The molecule has 13 heavy (non-hydrogen) atoms. The van der Waals surface area contributed by atoms with Gasteiger partial charge in [-0.2, -0.15) is 0 Å². The van der Waals surface area contributed by atoms with E-state index in [2.05, 4.69) is 0 Å². The summed E-state index contributed by atoms with van der Waals surface area (Å²) in [6, 6.07) is 7.16. The molecule has 1 amide bonds. The smallest absolute Gasteiger partial charge is 0.414 e. The quantitative estimate of drug-likeness (QED) is 0.692. The summed E-state index contributed by atoms with van der Waals surface area (Å²) in [5.74, 6) is 0. The number of rotatable bonds is 1. The number of carbonyl (C=O) groups excluding carboxylic acids is 1. The molecule has 1 saturated heterocycles. The number of cyclic esters (lactones) is 1. The summed E-state index contributed by atoms with van der Waals surface area (Å²) >= 11 is 5.79. The fourth-order valence-corrected chi connectivity index (χ4v) is 1.46. The molecule has 0 unspecified atom stereocenters. The van der Waals surface area contributed by atoms with Crippen LogP contribution in [-0.2, 0) is 4.74 Å². The number of hydrogen-bond acceptors (Lipinski definition) is 2. The van der Waals surface area contributed by atoms with Crippen molar-refractivity contribution < 1.29 is 9.53 Å². The number of anilines is 1. The molecular weight excluding hydrogens is 190 g/mol. The van der Waals surface area contributed by atoms with E-state index in [1.807, 2.05) is 12.1 Å². The zero-order valence-electron chi connectivity index (χ0n) is 6.87. The summed E-state index contributed by atoms with van der Waals surface area (Å²) in [7, 11) is 0. The zero-order chi connectivity index (χ0) is 9.26. The summed E-state index contributed by atoms with van der Waals surface area (Å²) in [5.41, 5.74) is 0.787. The Balaban J connectivity index is 2.29. The molecule has 0 aromatic heterocycles. The highest BCUT2D eigenvalue weighted by atomic mass is 35.5. The van der Waals surface area contributed by atoms with Crippen molar-refractivity contribution in [1.82, 2.24) is 0 Å². The molecule has 68 valence electrons. The van der Waals surface area contributed by atoms with Gasteiger partial charge < -0.3 is 4.74 Å². The highest BCUT2D eigenvalue weighted by molar-refractivity contribution is 6.30. The van der Waals surface area contributed by atoms with Crippen LogP contribution in [0.1, 0.15) is 0 Å². The van der Waals surface area contributed by atoms with E-state index in [-0.39, 0.29) is 6.09 Å². The lowest BCUT2D eigenvalue weighted by Crippen LogP contribution is -2.23. The van der Waals surface area contributed by atoms with Crippen LogP contribution in [0.3, 0.4) is 0 Å². The third kappa shape index (κ3) is 1.60. The summed E-state index contributed by atoms with van der Waals surface area (Å²) in [5, 5.41) is 0.622. The number of nitrogens with zero attached hydrogens (tertiary/aromatic N) is 1. The molecule has 0 N–H and O–H groups in total. The van der Waals surface area contributed by atoms with Crippen molar-refractivity contribution in [1.29, 1.82) is 0 Å². The second kappa shape index (κ2) is 3.26. The molecule has 1 heterocycles. The molecule has 1 aromatic rings. The third-order valence-electron chi connectivity index (χ3n) is 1.88. The van der Waals surface area contributed by atoms with E-state index in [0.717, 1.165) is 5.69 Å². The zero-order valence-corrected chi connectivity index (χ0v) is 7.62. The normalized spacial score (nSPS) is 16.1. The highest BCUT2D eigenvalue weighted by Crippen LogP contribution is 2.21. The second-order valence-electron chi connectivity index (χ2n) is 2.75. The van der Waals surface area contributed by atoms with Crippen molar-refractivity contribution in [2.45, 2.75) is 0 Å². The van der Waals surface area contributed by atoms with Crippen LogP contribution in [0.15, 0.2) is 24.3 Å². The minimum atomic E-state index is -0.303. The Morgan fingerprint density at radius 2 is 2.31 bits per heavy atom. The fourth-order valence-electron chi connectivity index (χ4n) is 1.27. The number of benzene rings is 1. The third-order valence-corrected chi connectivity index (χ3v) is 2.12. The van der Waals surface area contributed by atoms with Gasteiger partial charge in [-0.05, 0) is 18.2 Å². The molecule has 1 aliphatic heterocycles. The van der Waals surface area contributed by atoms with Gasteiger partial charge in [-0.3, -0.25) is 4.90 Å². The SMILES string of the molecule is O=C1OCCN1c1cccc(Cl)c1. The van der Waals surface area contributed by atoms with Gasteiger partial charge in [-0.25, -0.2) is 4.79 Å². The van der Waals surface area contributed by atoms with Crippen molar-refractivity contribution in [3.63, 3.8) is 0 Å². The first-order valence-electron chi connectivity index (χ1n) is 3.97. The van der Waals surface area contributed by atoms with Crippen molar-refractivity contribution in [2.75, 3.05) is 18.1 Å². The Labute approximate surface area is 80.9 Å². The number of ether oxygens (including phenoxy) is 1. The molecule has 2 rings (SSSR count). The van der Waals surface area contributed by atoms with Crippen molar-refractivity contribution in [3.05, 3.63) is 29.3 Å². The van der Waals surface area contributed by atoms with Crippen LogP contribution in [0, 0.1) is 0 Å². The predicted molar refractivity (Wildman–Crippen MR) is 50.1 cm³/mol. The Kier molecular flexibility index (Phi) is 2.10. The van der Waals surface area contributed by atoms with E-state index >= 15 is 0 Å². The molecular formula is C9H8ClNO2. The van der Waals surface area contributed by atoms with Crippen LogP contribution in [-0.4, -0.2) is 19.2 Å². The van der Waals surface area contributed by atoms with E-state index < -0.39 is 0 Å². The van der Waals surface area contributed by atoms with E-state index in [9.17, 15) is 4.79 Å². The van der Waals surface area contributed by atoms with E-state index in [1.54, 1.807) is 17.0 Å². The van der Waals surface area contributed by atoms with E-state index in [0.29, 0.717) is 18.2 Å². The van der Waals surface area contributed by atoms with Gasteiger partial charge in [0.1, 0.15) is 6.61 Å². The topological polar surface area (TPSA) is 29.5 Å². The Bertz CT molecular complexity index is 340. The molecule has 0 spiro atoms. The van der Waals surface area contributed by atoms with Gasteiger partial charge in [0.05, 0.1) is 6.54 Å². The van der Waals surface area contributed by atoms with Gasteiger partial charge in [-0.1, -0.05) is 17.7 Å².